The number of nitrogen functional groups attached to an aromatic ring is 1. The zero-order valence-electron chi connectivity index (χ0n) is 9.78. The molecular formula is C12H14BrN3O2. The van der Waals surface area contributed by atoms with Crippen LogP contribution in [0.25, 0.3) is 0 Å². The van der Waals surface area contributed by atoms with Gasteiger partial charge in [0.25, 0.3) is 5.91 Å². The smallest absolute Gasteiger partial charge is 0.272 e. The van der Waals surface area contributed by atoms with Crippen LogP contribution in [0, 0.1) is 5.41 Å². The number of halogens is 1. The average molecular weight is 312 g/mol. The summed E-state index contributed by atoms with van der Waals surface area (Å²) in [5.74, 6) is -0.299. The van der Waals surface area contributed by atoms with E-state index in [9.17, 15) is 4.79 Å². The molecule has 0 saturated carbocycles. The average Bonchev–Trinajstić information content (AvgIpc) is 2.38. The van der Waals surface area contributed by atoms with Crippen molar-refractivity contribution in [1.29, 1.82) is 5.41 Å². The van der Waals surface area contributed by atoms with Crippen molar-refractivity contribution < 1.29 is 9.53 Å². The number of carbonyl (C=O) groups excluding carboxylic acids is 1. The van der Waals surface area contributed by atoms with Crippen LogP contribution < -0.4 is 5.73 Å². The van der Waals surface area contributed by atoms with Crippen molar-refractivity contribution in [1.82, 2.24) is 4.90 Å². The highest BCUT2D eigenvalue weighted by Gasteiger charge is 2.22. The Hall–Kier alpha value is -1.40. The van der Waals surface area contributed by atoms with E-state index in [2.05, 4.69) is 15.9 Å². The number of morpholine rings is 1. The van der Waals surface area contributed by atoms with Crippen LogP contribution in [0.3, 0.4) is 0 Å². The number of amides is 1. The molecule has 1 aromatic rings. The number of rotatable bonds is 2. The quantitative estimate of drug-likeness (QED) is 0.637. The number of hydrogen-bond acceptors (Lipinski definition) is 4. The first kappa shape index (κ1) is 13.0. The first-order valence-corrected chi connectivity index (χ1v) is 6.40. The van der Waals surface area contributed by atoms with E-state index in [1.165, 1.54) is 0 Å². The van der Waals surface area contributed by atoms with Gasteiger partial charge in [-0.05, 0) is 18.2 Å². The summed E-state index contributed by atoms with van der Waals surface area (Å²) in [5.41, 5.74) is 6.65. The Kier molecular flexibility index (Phi) is 3.98. The minimum Gasteiger partial charge on any atom is -0.398 e. The van der Waals surface area contributed by atoms with Gasteiger partial charge in [-0.1, -0.05) is 15.9 Å². The Morgan fingerprint density at radius 2 is 2.06 bits per heavy atom. The number of nitrogens with one attached hydrogen (secondary N) is 1. The first-order valence-electron chi connectivity index (χ1n) is 5.60. The second-order valence-electron chi connectivity index (χ2n) is 4.01. The lowest BCUT2D eigenvalue weighted by Gasteiger charge is -2.27. The molecule has 1 aromatic carbocycles. The molecule has 0 radical (unpaired) electrons. The fraction of sp³-hybridized carbons (Fsp3) is 0.333. The second kappa shape index (κ2) is 5.49. The van der Waals surface area contributed by atoms with E-state index < -0.39 is 0 Å². The van der Waals surface area contributed by atoms with Gasteiger partial charge in [0.05, 0.1) is 13.2 Å². The maximum atomic E-state index is 12.1. The van der Waals surface area contributed by atoms with Crippen LogP contribution in [0.15, 0.2) is 22.7 Å². The number of ether oxygens (including phenoxy) is 1. The molecule has 18 heavy (non-hydrogen) atoms. The predicted molar refractivity (Wildman–Crippen MR) is 72.8 cm³/mol. The number of carbonyl (C=O) groups is 1. The SMILES string of the molecule is N=C(C(=O)N1CCOCC1)c1ccc(Br)cc1N. The molecule has 5 nitrogen and oxygen atoms in total. The molecule has 0 bridgehead atoms. The number of benzene rings is 1. The Morgan fingerprint density at radius 3 is 2.67 bits per heavy atom. The van der Waals surface area contributed by atoms with Crippen molar-refractivity contribution in [2.75, 3.05) is 32.0 Å². The van der Waals surface area contributed by atoms with Crippen LogP contribution in [0.4, 0.5) is 5.69 Å². The molecule has 0 unspecified atom stereocenters. The molecule has 2 rings (SSSR count). The number of anilines is 1. The van der Waals surface area contributed by atoms with E-state index in [0.29, 0.717) is 37.6 Å². The van der Waals surface area contributed by atoms with E-state index in [1.54, 1.807) is 23.1 Å². The molecule has 1 heterocycles. The normalized spacial score (nSPS) is 15.5. The highest BCUT2D eigenvalue weighted by molar-refractivity contribution is 9.10. The van der Waals surface area contributed by atoms with Gasteiger partial charge in [0.1, 0.15) is 5.71 Å². The lowest BCUT2D eigenvalue weighted by molar-refractivity contribution is -0.128. The van der Waals surface area contributed by atoms with Gasteiger partial charge in [0.15, 0.2) is 0 Å². The standard InChI is InChI=1S/C12H14BrN3O2/c13-8-1-2-9(10(14)7-8)11(15)12(17)16-3-5-18-6-4-16/h1-2,7,15H,3-6,14H2. The lowest BCUT2D eigenvalue weighted by Crippen LogP contribution is -2.44. The van der Waals surface area contributed by atoms with Crippen molar-refractivity contribution >= 4 is 33.2 Å². The van der Waals surface area contributed by atoms with Gasteiger partial charge in [-0.25, -0.2) is 0 Å². The van der Waals surface area contributed by atoms with Gasteiger partial charge in [-0.3, -0.25) is 10.2 Å². The number of nitrogens with two attached hydrogens (primary N) is 1. The molecule has 0 aromatic heterocycles. The Balaban J connectivity index is 2.17. The van der Waals surface area contributed by atoms with Crippen LogP contribution in [-0.2, 0) is 9.53 Å². The van der Waals surface area contributed by atoms with E-state index in [0.717, 1.165) is 4.47 Å². The van der Waals surface area contributed by atoms with Crippen molar-refractivity contribution in [2.24, 2.45) is 0 Å². The van der Waals surface area contributed by atoms with Gasteiger partial charge in [0, 0.05) is 28.8 Å². The van der Waals surface area contributed by atoms with Crippen LogP contribution in [0.5, 0.6) is 0 Å². The molecule has 0 spiro atoms. The summed E-state index contributed by atoms with van der Waals surface area (Å²) in [5, 5.41) is 7.96. The maximum Gasteiger partial charge on any atom is 0.272 e. The van der Waals surface area contributed by atoms with Crippen molar-refractivity contribution in [3.8, 4) is 0 Å². The summed E-state index contributed by atoms with van der Waals surface area (Å²) in [6.07, 6.45) is 0. The van der Waals surface area contributed by atoms with Gasteiger partial charge in [-0.15, -0.1) is 0 Å². The van der Waals surface area contributed by atoms with Gasteiger partial charge >= 0.3 is 0 Å². The van der Waals surface area contributed by atoms with Gasteiger partial charge in [0.2, 0.25) is 0 Å². The van der Waals surface area contributed by atoms with Gasteiger partial charge < -0.3 is 15.4 Å². The summed E-state index contributed by atoms with van der Waals surface area (Å²) in [4.78, 5) is 13.7. The van der Waals surface area contributed by atoms with E-state index in [-0.39, 0.29) is 11.6 Å². The molecule has 6 heteroatoms. The lowest BCUT2D eigenvalue weighted by atomic mass is 10.1. The highest BCUT2D eigenvalue weighted by Crippen LogP contribution is 2.19. The third-order valence-corrected chi connectivity index (χ3v) is 3.29. The fourth-order valence-corrected chi connectivity index (χ4v) is 2.18. The summed E-state index contributed by atoms with van der Waals surface area (Å²) in [6.45, 7) is 2.10. The number of hydrogen-bond donors (Lipinski definition) is 2. The van der Waals surface area contributed by atoms with Gasteiger partial charge in [-0.2, -0.15) is 0 Å². The molecular weight excluding hydrogens is 298 g/mol. The molecule has 0 aliphatic carbocycles. The Labute approximate surface area is 114 Å². The molecule has 96 valence electrons. The molecule has 1 fully saturated rings. The molecule has 1 amide bonds. The molecule has 0 atom stereocenters. The molecule has 1 saturated heterocycles. The van der Waals surface area contributed by atoms with E-state index in [4.69, 9.17) is 15.9 Å². The van der Waals surface area contributed by atoms with Crippen LogP contribution in [-0.4, -0.2) is 42.8 Å². The predicted octanol–water partition coefficient (Wildman–Crippen LogP) is 1.26. The molecule has 1 aliphatic heterocycles. The summed E-state index contributed by atoms with van der Waals surface area (Å²) >= 11 is 3.30. The third-order valence-electron chi connectivity index (χ3n) is 2.80. The minimum atomic E-state index is -0.299. The fourth-order valence-electron chi connectivity index (χ4n) is 1.80. The summed E-state index contributed by atoms with van der Waals surface area (Å²) < 4.78 is 6.01. The van der Waals surface area contributed by atoms with Crippen molar-refractivity contribution in [3.05, 3.63) is 28.2 Å². The summed E-state index contributed by atoms with van der Waals surface area (Å²) in [6, 6.07) is 5.14. The Morgan fingerprint density at radius 1 is 1.39 bits per heavy atom. The zero-order chi connectivity index (χ0) is 13.1. The van der Waals surface area contributed by atoms with Crippen molar-refractivity contribution in [3.63, 3.8) is 0 Å². The minimum absolute atomic E-state index is 0.0677. The topological polar surface area (TPSA) is 79.4 Å². The van der Waals surface area contributed by atoms with E-state index in [1.807, 2.05) is 0 Å². The van der Waals surface area contributed by atoms with Crippen LogP contribution in [0.1, 0.15) is 5.56 Å². The van der Waals surface area contributed by atoms with E-state index >= 15 is 0 Å². The third kappa shape index (κ3) is 2.70. The molecule has 1 aliphatic rings. The second-order valence-corrected chi connectivity index (χ2v) is 4.93. The summed E-state index contributed by atoms with van der Waals surface area (Å²) in [7, 11) is 0. The molecule has 3 N–H and O–H groups in total. The number of nitrogens with zero attached hydrogens (tertiary/aromatic N) is 1. The first-order chi connectivity index (χ1) is 8.59. The Bertz CT molecular complexity index is 484. The zero-order valence-corrected chi connectivity index (χ0v) is 11.4. The van der Waals surface area contributed by atoms with Crippen LogP contribution >= 0.6 is 15.9 Å². The highest BCUT2D eigenvalue weighted by atomic mass is 79.9. The van der Waals surface area contributed by atoms with Crippen LogP contribution in [0.2, 0.25) is 0 Å². The monoisotopic (exact) mass is 311 g/mol. The largest absolute Gasteiger partial charge is 0.398 e. The maximum absolute atomic E-state index is 12.1. The van der Waals surface area contributed by atoms with Crippen molar-refractivity contribution in [2.45, 2.75) is 0 Å².